The molecule has 0 bridgehead atoms. The van der Waals surface area contributed by atoms with Crippen LogP contribution in [0, 0.1) is 6.92 Å². The van der Waals surface area contributed by atoms with Crippen LogP contribution in [0.1, 0.15) is 18.9 Å². The molecule has 0 aliphatic rings. The number of benzene rings is 1. The van der Waals surface area contributed by atoms with Crippen LogP contribution < -0.4 is 10.1 Å². The second kappa shape index (κ2) is 7.71. The van der Waals surface area contributed by atoms with E-state index in [9.17, 15) is 4.79 Å². The summed E-state index contributed by atoms with van der Waals surface area (Å²) >= 11 is 0. The molecule has 1 atom stereocenters. The van der Waals surface area contributed by atoms with Crippen molar-refractivity contribution in [1.29, 1.82) is 0 Å². The van der Waals surface area contributed by atoms with E-state index in [1.54, 1.807) is 14.0 Å². The van der Waals surface area contributed by atoms with Gasteiger partial charge in [-0.25, -0.2) is 0 Å². The number of amides is 1. The molecule has 0 aliphatic carbocycles. The third-order valence-corrected chi connectivity index (χ3v) is 2.59. The van der Waals surface area contributed by atoms with Gasteiger partial charge in [-0.05, 0) is 31.9 Å². The molecule has 0 heterocycles. The van der Waals surface area contributed by atoms with Gasteiger partial charge in [0.05, 0.1) is 0 Å². The highest BCUT2D eigenvalue weighted by atomic mass is 16.5. The van der Waals surface area contributed by atoms with Crippen LogP contribution in [0.25, 0.3) is 0 Å². The highest BCUT2D eigenvalue weighted by Gasteiger charge is 2.14. The maximum atomic E-state index is 11.7. The summed E-state index contributed by atoms with van der Waals surface area (Å²) in [6.07, 6.45) is 0.313. The average Bonchev–Trinajstić information content (AvgIpc) is 2.37. The molecule has 0 radical (unpaired) electrons. The van der Waals surface area contributed by atoms with Crippen molar-refractivity contribution in [3.63, 3.8) is 0 Å². The minimum Gasteiger partial charge on any atom is -0.481 e. The number of ether oxygens (including phenoxy) is 2. The quantitative estimate of drug-likeness (QED) is 0.753. The normalized spacial score (nSPS) is 11.9. The van der Waals surface area contributed by atoms with Gasteiger partial charge in [0.15, 0.2) is 6.10 Å². The summed E-state index contributed by atoms with van der Waals surface area (Å²) in [5.41, 5.74) is 1.02. The molecule has 0 aromatic heterocycles. The van der Waals surface area contributed by atoms with Gasteiger partial charge in [0.25, 0.3) is 5.91 Å². The van der Waals surface area contributed by atoms with Crippen LogP contribution in [0.3, 0.4) is 0 Å². The first-order chi connectivity index (χ1) is 8.65. The Labute approximate surface area is 108 Å². The molecule has 1 rings (SSSR count). The zero-order chi connectivity index (χ0) is 13.4. The first-order valence-electron chi connectivity index (χ1n) is 6.14. The van der Waals surface area contributed by atoms with E-state index < -0.39 is 6.10 Å². The fraction of sp³-hybridized carbons (Fsp3) is 0.500. The topological polar surface area (TPSA) is 47.6 Å². The van der Waals surface area contributed by atoms with Crippen LogP contribution >= 0.6 is 0 Å². The lowest BCUT2D eigenvalue weighted by molar-refractivity contribution is -0.127. The molecule has 4 nitrogen and oxygen atoms in total. The van der Waals surface area contributed by atoms with Crippen LogP contribution in [0.4, 0.5) is 0 Å². The van der Waals surface area contributed by atoms with E-state index in [0.717, 1.165) is 17.7 Å². The number of aryl methyl sites for hydroxylation is 1. The lowest BCUT2D eigenvalue weighted by atomic mass is 10.2. The van der Waals surface area contributed by atoms with E-state index in [-0.39, 0.29) is 5.91 Å². The highest BCUT2D eigenvalue weighted by Crippen LogP contribution is 2.17. The number of methoxy groups -OCH3 is 1. The molecule has 0 unspecified atom stereocenters. The first-order valence-corrected chi connectivity index (χ1v) is 6.14. The number of carbonyl (C=O) groups excluding carboxylic acids is 1. The summed E-state index contributed by atoms with van der Waals surface area (Å²) in [5, 5.41) is 2.81. The average molecular weight is 251 g/mol. The molecule has 100 valence electrons. The molecule has 1 N–H and O–H groups in total. The Morgan fingerprint density at radius 2 is 2.11 bits per heavy atom. The molecule has 4 heteroatoms. The van der Waals surface area contributed by atoms with Crippen molar-refractivity contribution in [2.24, 2.45) is 0 Å². The van der Waals surface area contributed by atoms with Crippen molar-refractivity contribution < 1.29 is 14.3 Å². The van der Waals surface area contributed by atoms with Crippen LogP contribution in [-0.4, -0.2) is 32.3 Å². The predicted octanol–water partition coefficient (Wildman–Crippen LogP) is 1.92. The molecule has 1 aromatic carbocycles. The Kier molecular flexibility index (Phi) is 6.22. The monoisotopic (exact) mass is 251 g/mol. The molecule has 0 saturated heterocycles. The van der Waals surface area contributed by atoms with E-state index >= 15 is 0 Å². The van der Waals surface area contributed by atoms with Crippen molar-refractivity contribution >= 4 is 5.91 Å². The standard InChI is InChI=1S/C14H21NO3/c1-11-7-4-5-8-13(11)18-12(2)14(16)15-9-6-10-17-3/h4-5,7-8,12H,6,9-10H2,1-3H3,(H,15,16)/t12-/m0/s1. The first kappa shape index (κ1) is 14.5. The van der Waals surface area contributed by atoms with Gasteiger partial charge < -0.3 is 14.8 Å². The van der Waals surface area contributed by atoms with Crippen molar-refractivity contribution in [2.75, 3.05) is 20.3 Å². The second-order valence-corrected chi connectivity index (χ2v) is 4.16. The minimum atomic E-state index is -0.492. The Morgan fingerprint density at radius 1 is 1.39 bits per heavy atom. The maximum Gasteiger partial charge on any atom is 0.260 e. The Balaban J connectivity index is 2.38. The largest absolute Gasteiger partial charge is 0.481 e. The highest BCUT2D eigenvalue weighted by molar-refractivity contribution is 5.80. The molecule has 0 spiro atoms. The van der Waals surface area contributed by atoms with Gasteiger partial charge >= 0.3 is 0 Å². The molecule has 1 aromatic rings. The summed E-state index contributed by atoms with van der Waals surface area (Å²) in [4.78, 5) is 11.7. The number of carbonyl (C=O) groups is 1. The van der Waals surface area contributed by atoms with Gasteiger partial charge in [-0.15, -0.1) is 0 Å². The predicted molar refractivity (Wildman–Crippen MR) is 70.8 cm³/mol. The van der Waals surface area contributed by atoms with Crippen LogP contribution in [0.5, 0.6) is 5.75 Å². The summed E-state index contributed by atoms with van der Waals surface area (Å²) in [6.45, 7) is 4.96. The molecule has 0 fully saturated rings. The van der Waals surface area contributed by atoms with Crippen LogP contribution in [-0.2, 0) is 9.53 Å². The van der Waals surface area contributed by atoms with Crippen molar-refractivity contribution in [1.82, 2.24) is 5.32 Å². The lowest BCUT2D eigenvalue weighted by Crippen LogP contribution is -2.37. The number of nitrogens with one attached hydrogen (secondary N) is 1. The number of hydrogen-bond donors (Lipinski definition) is 1. The summed E-state index contributed by atoms with van der Waals surface area (Å²) in [6, 6.07) is 7.66. The smallest absolute Gasteiger partial charge is 0.260 e. The van der Waals surface area contributed by atoms with Gasteiger partial charge in [0.2, 0.25) is 0 Å². The Morgan fingerprint density at radius 3 is 2.78 bits per heavy atom. The third-order valence-electron chi connectivity index (χ3n) is 2.59. The van der Waals surface area contributed by atoms with E-state index in [1.165, 1.54) is 0 Å². The van der Waals surface area contributed by atoms with Gasteiger partial charge in [-0.3, -0.25) is 4.79 Å². The van der Waals surface area contributed by atoms with E-state index in [1.807, 2.05) is 31.2 Å². The van der Waals surface area contributed by atoms with E-state index in [0.29, 0.717) is 13.2 Å². The fourth-order valence-electron chi connectivity index (χ4n) is 1.50. The number of hydrogen-bond acceptors (Lipinski definition) is 3. The molecular formula is C14H21NO3. The van der Waals surface area contributed by atoms with Crippen molar-refractivity contribution in [3.8, 4) is 5.75 Å². The summed E-state index contributed by atoms with van der Waals surface area (Å²) in [5.74, 6) is 0.645. The molecule has 0 aliphatic heterocycles. The van der Waals surface area contributed by atoms with Gasteiger partial charge in [0, 0.05) is 20.3 Å². The van der Waals surface area contributed by atoms with Crippen LogP contribution in [0.2, 0.25) is 0 Å². The second-order valence-electron chi connectivity index (χ2n) is 4.16. The van der Waals surface area contributed by atoms with Gasteiger partial charge in [-0.2, -0.15) is 0 Å². The molecule has 18 heavy (non-hydrogen) atoms. The molecule has 1 amide bonds. The molecule has 0 saturated carbocycles. The van der Waals surface area contributed by atoms with E-state index in [2.05, 4.69) is 5.32 Å². The van der Waals surface area contributed by atoms with Crippen molar-refractivity contribution in [2.45, 2.75) is 26.4 Å². The fourth-order valence-corrected chi connectivity index (χ4v) is 1.50. The summed E-state index contributed by atoms with van der Waals surface area (Å²) < 4.78 is 10.5. The number of rotatable bonds is 7. The van der Waals surface area contributed by atoms with E-state index in [4.69, 9.17) is 9.47 Å². The van der Waals surface area contributed by atoms with Crippen LogP contribution in [0.15, 0.2) is 24.3 Å². The van der Waals surface area contributed by atoms with Crippen molar-refractivity contribution in [3.05, 3.63) is 29.8 Å². The van der Waals surface area contributed by atoms with Gasteiger partial charge in [0.1, 0.15) is 5.75 Å². The summed E-state index contributed by atoms with van der Waals surface area (Å²) in [7, 11) is 1.64. The minimum absolute atomic E-state index is 0.102. The zero-order valence-electron chi connectivity index (χ0n) is 11.2. The third kappa shape index (κ3) is 4.75. The SMILES string of the molecule is COCCCNC(=O)[C@H](C)Oc1ccccc1C. The zero-order valence-corrected chi connectivity index (χ0v) is 11.2. The Bertz CT molecular complexity index is 379. The lowest BCUT2D eigenvalue weighted by Gasteiger charge is -2.16. The number of para-hydroxylation sites is 1. The van der Waals surface area contributed by atoms with Gasteiger partial charge in [-0.1, -0.05) is 18.2 Å². The maximum absolute atomic E-state index is 11.7. The Hall–Kier alpha value is -1.55. The molecular weight excluding hydrogens is 230 g/mol.